The van der Waals surface area contributed by atoms with Gasteiger partial charge in [0.05, 0.1) is 10.8 Å². The summed E-state index contributed by atoms with van der Waals surface area (Å²) in [5.74, 6) is -0.0185. The number of ether oxygens (including phenoxy) is 2. The zero-order valence-corrected chi connectivity index (χ0v) is 27.2. The number of hydrogen-bond acceptors (Lipinski definition) is 6. The lowest BCUT2D eigenvalue weighted by Crippen LogP contribution is -2.44. The van der Waals surface area contributed by atoms with E-state index < -0.39 is 10.8 Å². The van der Waals surface area contributed by atoms with Crippen LogP contribution in [0.15, 0.2) is 91.0 Å². The molecule has 0 saturated carbocycles. The topological polar surface area (TPSA) is 59.1 Å². The van der Waals surface area contributed by atoms with Gasteiger partial charge in [0.25, 0.3) is 0 Å². The third-order valence-corrected chi connectivity index (χ3v) is 7.55. The van der Waals surface area contributed by atoms with Crippen LogP contribution >= 0.6 is 0 Å². The summed E-state index contributed by atoms with van der Waals surface area (Å²) < 4.78 is 11.2. The second-order valence-electron chi connectivity index (χ2n) is 13.4. The molecule has 0 amide bonds. The fraction of sp³-hybridized carbons (Fsp3) is 0.368. The normalized spacial score (nSPS) is 15.2. The lowest BCUT2D eigenvalue weighted by molar-refractivity contribution is -0.151. The molecule has 6 nitrogen and oxygen atoms in total. The highest BCUT2D eigenvalue weighted by Crippen LogP contribution is 2.35. The minimum atomic E-state index is -0.600. The van der Waals surface area contributed by atoms with Crippen molar-refractivity contribution >= 4 is 28.8 Å². The standard InChI is InChI=1S/C38H46N2O4/c1-37(2,3)35(41)43-27-11-14-33(28-12-9-8-10-13-28)34(30-17-21-32(22-18-30)44-36(42)38(4,5)6)29-15-19-31(20-16-29)40-25-23-39(7)24-26-40/h8-22H,23-27H2,1-7H3/b14-11+,34-33+. The summed E-state index contributed by atoms with van der Waals surface area (Å²) in [5.41, 5.74) is 5.11. The maximum atomic E-state index is 12.5. The van der Waals surface area contributed by atoms with Gasteiger partial charge in [-0.15, -0.1) is 0 Å². The molecule has 0 N–H and O–H groups in total. The highest BCUT2D eigenvalue weighted by atomic mass is 16.5. The van der Waals surface area contributed by atoms with Gasteiger partial charge in [0.2, 0.25) is 0 Å². The molecule has 232 valence electrons. The van der Waals surface area contributed by atoms with Crippen LogP contribution in [0.4, 0.5) is 5.69 Å². The summed E-state index contributed by atoms with van der Waals surface area (Å²) >= 11 is 0. The van der Waals surface area contributed by atoms with Gasteiger partial charge in [-0.3, -0.25) is 9.59 Å². The second kappa shape index (κ2) is 14.1. The van der Waals surface area contributed by atoms with E-state index in [4.69, 9.17) is 9.47 Å². The Morgan fingerprint density at radius 1 is 0.705 bits per heavy atom. The molecular formula is C38H46N2O4. The smallest absolute Gasteiger partial charge is 0.316 e. The van der Waals surface area contributed by atoms with Crippen LogP contribution in [0.25, 0.3) is 11.1 Å². The van der Waals surface area contributed by atoms with Gasteiger partial charge in [0.1, 0.15) is 12.4 Å². The molecule has 0 bridgehead atoms. The van der Waals surface area contributed by atoms with E-state index in [2.05, 4.69) is 53.2 Å². The van der Waals surface area contributed by atoms with Gasteiger partial charge < -0.3 is 19.3 Å². The van der Waals surface area contributed by atoms with Crippen LogP contribution in [-0.4, -0.2) is 56.7 Å². The van der Waals surface area contributed by atoms with Crippen LogP contribution in [0.2, 0.25) is 0 Å². The van der Waals surface area contributed by atoms with Crippen LogP contribution in [0.1, 0.15) is 58.2 Å². The number of likely N-dealkylation sites (N-methyl/N-ethyl adjacent to an activating group) is 1. The van der Waals surface area contributed by atoms with Crippen molar-refractivity contribution in [2.75, 3.05) is 44.7 Å². The van der Waals surface area contributed by atoms with Crippen LogP contribution < -0.4 is 9.64 Å². The summed E-state index contributed by atoms with van der Waals surface area (Å²) in [6.07, 6.45) is 3.92. The molecule has 0 radical (unpaired) electrons. The van der Waals surface area contributed by atoms with Crippen molar-refractivity contribution in [3.05, 3.63) is 108 Å². The summed E-state index contributed by atoms with van der Waals surface area (Å²) in [4.78, 5) is 29.7. The first-order valence-corrected chi connectivity index (χ1v) is 15.3. The number of esters is 2. The molecular weight excluding hydrogens is 548 g/mol. The SMILES string of the molecule is CN1CCN(c2ccc(/C(=C(/C=C/COC(=O)C(C)(C)C)c3ccccc3)c3ccc(OC(=O)C(C)(C)C)cc3)cc2)CC1. The Bertz CT molecular complexity index is 1470. The summed E-state index contributed by atoms with van der Waals surface area (Å²) in [6, 6.07) is 26.6. The van der Waals surface area contributed by atoms with E-state index >= 15 is 0 Å². The Morgan fingerprint density at radius 3 is 1.80 bits per heavy atom. The summed E-state index contributed by atoms with van der Waals surface area (Å²) in [5, 5.41) is 0. The maximum absolute atomic E-state index is 12.5. The van der Waals surface area contributed by atoms with Crippen molar-refractivity contribution in [3.8, 4) is 5.75 Å². The Hall–Kier alpha value is -4.16. The number of piperazine rings is 1. The average molecular weight is 595 g/mol. The van der Waals surface area contributed by atoms with E-state index in [1.807, 2.05) is 96.2 Å². The zero-order chi connectivity index (χ0) is 31.9. The van der Waals surface area contributed by atoms with E-state index in [0.717, 1.165) is 54.0 Å². The largest absolute Gasteiger partial charge is 0.461 e. The van der Waals surface area contributed by atoms with Gasteiger partial charge in [-0.05, 0) is 107 Å². The number of anilines is 1. The quantitative estimate of drug-likeness (QED) is 0.117. The number of hydrogen-bond donors (Lipinski definition) is 0. The van der Waals surface area contributed by atoms with Gasteiger partial charge in [-0.2, -0.15) is 0 Å². The van der Waals surface area contributed by atoms with Crippen LogP contribution in [-0.2, 0) is 14.3 Å². The van der Waals surface area contributed by atoms with Gasteiger partial charge in [-0.25, -0.2) is 0 Å². The Morgan fingerprint density at radius 2 is 1.25 bits per heavy atom. The molecule has 0 atom stereocenters. The number of allylic oxidation sites excluding steroid dienone is 2. The molecule has 0 aromatic heterocycles. The maximum Gasteiger partial charge on any atom is 0.316 e. The molecule has 1 aliphatic rings. The number of carbonyl (C=O) groups is 2. The first-order valence-electron chi connectivity index (χ1n) is 15.3. The van der Waals surface area contributed by atoms with Crippen molar-refractivity contribution in [2.24, 2.45) is 10.8 Å². The molecule has 0 unspecified atom stereocenters. The van der Waals surface area contributed by atoms with Crippen molar-refractivity contribution in [2.45, 2.75) is 41.5 Å². The molecule has 3 aromatic rings. The molecule has 3 aromatic carbocycles. The fourth-order valence-electron chi connectivity index (χ4n) is 4.78. The number of rotatable bonds is 8. The molecule has 44 heavy (non-hydrogen) atoms. The van der Waals surface area contributed by atoms with Crippen molar-refractivity contribution in [1.82, 2.24) is 4.90 Å². The van der Waals surface area contributed by atoms with E-state index in [1.165, 1.54) is 5.69 Å². The predicted molar refractivity (Wildman–Crippen MR) is 180 cm³/mol. The van der Waals surface area contributed by atoms with Crippen LogP contribution in [0.5, 0.6) is 5.75 Å². The van der Waals surface area contributed by atoms with Crippen molar-refractivity contribution in [3.63, 3.8) is 0 Å². The monoisotopic (exact) mass is 594 g/mol. The first-order chi connectivity index (χ1) is 20.8. The summed E-state index contributed by atoms with van der Waals surface area (Å²) in [7, 11) is 2.16. The number of nitrogens with zero attached hydrogens (tertiary/aromatic N) is 2. The minimum Gasteiger partial charge on any atom is -0.461 e. The molecule has 4 rings (SSSR count). The first kappa shape index (κ1) is 32.7. The molecule has 1 fully saturated rings. The lowest BCUT2D eigenvalue weighted by Gasteiger charge is -2.34. The predicted octanol–water partition coefficient (Wildman–Crippen LogP) is 7.49. The van der Waals surface area contributed by atoms with Gasteiger partial charge in [0.15, 0.2) is 0 Å². The minimum absolute atomic E-state index is 0.170. The number of carbonyl (C=O) groups excluding carboxylic acids is 2. The Kier molecular flexibility index (Phi) is 10.5. The molecule has 1 heterocycles. The molecule has 1 aliphatic heterocycles. The number of benzene rings is 3. The van der Waals surface area contributed by atoms with Gasteiger partial charge >= 0.3 is 11.9 Å². The van der Waals surface area contributed by atoms with Gasteiger partial charge in [-0.1, -0.05) is 60.7 Å². The summed E-state index contributed by atoms with van der Waals surface area (Å²) in [6.45, 7) is 15.3. The van der Waals surface area contributed by atoms with Crippen LogP contribution in [0.3, 0.4) is 0 Å². The van der Waals surface area contributed by atoms with E-state index in [1.54, 1.807) is 0 Å². The van der Waals surface area contributed by atoms with E-state index in [-0.39, 0.29) is 18.5 Å². The Labute approximate surface area is 263 Å². The molecule has 0 spiro atoms. The molecule has 0 aliphatic carbocycles. The van der Waals surface area contributed by atoms with Crippen LogP contribution in [0, 0.1) is 10.8 Å². The highest BCUT2D eigenvalue weighted by molar-refractivity contribution is 6.02. The van der Waals surface area contributed by atoms with Crippen molar-refractivity contribution < 1.29 is 19.1 Å². The average Bonchev–Trinajstić information content (AvgIpc) is 2.99. The fourth-order valence-corrected chi connectivity index (χ4v) is 4.78. The Balaban J connectivity index is 1.77. The zero-order valence-electron chi connectivity index (χ0n) is 27.2. The van der Waals surface area contributed by atoms with Crippen molar-refractivity contribution in [1.29, 1.82) is 0 Å². The highest BCUT2D eigenvalue weighted by Gasteiger charge is 2.24. The van der Waals surface area contributed by atoms with E-state index in [0.29, 0.717) is 5.75 Å². The third kappa shape index (κ3) is 8.70. The van der Waals surface area contributed by atoms with Gasteiger partial charge in [0, 0.05) is 31.9 Å². The molecule has 6 heteroatoms. The molecule has 1 saturated heterocycles. The lowest BCUT2D eigenvalue weighted by atomic mass is 9.89. The van der Waals surface area contributed by atoms with E-state index in [9.17, 15) is 9.59 Å². The third-order valence-electron chi connectivity index (χ3n) is 7.55. The second-order valence-corrected chi connectivity index (χ2v) is 13.4.